The summed E-state index contributed by atoms with van der Waals surface area (Å²) in [7, 11) is 0. The molecule has 0 aromatic carbocycles. The van der Waals surface area contributed by atoms with Gasteiger partial charge in [-0.1, -0.05) is 6.92 Å². The molecule has 2 N–H and O–H groups in total. The van der Waals surface area contributed by atoms with Gasteiger partial charge in [-0.15, -0.1) is 5.10 Å². The Bertz CT molecular complexity index is 603. The number of hydrogen-bond acceptors (Lipinski definition) is 5. The van der Waals surface area contributed by atoms with Crippen molar-refractivity contribution in [1.82, 2.24) is 25.4 Å². The normalized spacial score (nSPS) is 19.8. The van der Waals surface area contributed by atoms with Crippen LogP contribution < -0.4 is 10.6 Å². The lowest BCUT2D eigenvalue weighted by molar-refractivity contribution is 0.0940. The van der Waals surface area contributed by atoms with Gasteiger partial charge >= 0.3 is 0 Å². The molecular formula is C15H21N5OS. The maximum absolute atomic E-state index is 12.2. The number of carbonyl (C=O) groups is 1. The molecule has 0 aliphatic carbocycles. The fourth-order valence-electron chi connectivity index (χ4n) is 2.61. The number of aromatic nitrogens is 3. The summed E-state index contributed by atoms with van der Waals surface area (Å²) in [6.45, 7) is 4.63. The first-order valence-electron chi connectivity index (χ1n) is 7.66. The summed E-state index contributed by atoms with van der Waals surface area (Å²) in [4.78, 5) is 16.3. The molecule has 22 heavy (non-hydrogen) atoms. The third kappa shape index (κ3) is 3.53. The van der Waals surface area contributed by atoms with Gasteiger partial charge in [0, 0.05) is 13.1 Å². The van der Waals surface area contributed by atoms with Crippen molar-refractivity contribution < 1.29 is 4.79 Å². The fourth-order valence-corrected chi connectivity index (χ4v) is 3.39. The number of carbonyl (C=O) groups excluding carboxylic acids is 1. The van der Waals surface area contributed by atoms with Crippen molar-refractivity contribution in [3.63, 3.8) is 0 Å². The molecular weight excluding hydrogens is 298 g/mol. The molecule has 0 radical (unpaired) electrons. The Kier molecular flexibility index (Phi) is 4.84. The zero-order valence-electron chi connectivity index (χ0n) is 12.7. The van der Waals surface area contributed by atoms with Gasteiger partial charge in [0.25, 0.3) is 5.91 Å². The van der Waals surface area contributed by atoms with E-state index >= 15 is 0 Å². The summed E-state index contributed by atoms with van der Waals surface area (Å²) >= 11 is 1.67. The van der Waals surface area contributed by atoms with Crippen molar-refractivity contribution in [2.75, 3.05) is 19.6 Å². The van der Waals surface area contributed by atoms with E-state index in [1.54, 1.807) is 17.7 Å². The van der Waals surface area contributed by atoms with Crippen LogP contribution in [0, 0.1) is 0 Å². The van der Waals surface area contributed by atoms with E-state index in [1.807, 2.05) is 4.68 Å². The lowest BCUT2D eigenvalue weighted by Gasteiger charge is -2.22. The Balaban J connectivity index is 1.55. The van der Waals surface area contributed by atoms with Crippen molar-refractivity contribution in [2.45, 2.75) is 31.7 Å². The van der Waals surface area contributed by atoms with E-state index in [1.165, 1.54) is 5.56 Å². The molecule has 2 atom stereocenters. The standard InChI is InChI=1S/C15H21N5OS/c1-11(12-4-6-22-9-12)7-17-15(21)14-18-10-20(19-14)13-3-2-5-16-8-13/h4,6,9-11,13,16H,2-3,5,7-8H2,1H3,(H,17,21)/t11-,13-/m0/s1. The second-order valence-corrected chi connectivity index (χ2v) is 6.50. The van der Waals surface area contributed by atoms with Gasteiger partial charge in [-0.05, 0) is 47.7 Å². The first-order chi connectivity index (χ1) is 10.7. The monoisotopic (exact) mass is 319 g/mol. The van der Waals surface area contributed by atoms with Crippen molar-refractivity contribution in [3.05, 3.63) is 34.5 Å². The maximum atomic E-state index is 12.2. The van der Waals surface area contributed by atoms with Crippen LogP contribution in [-0.2, 0) is 0 Å². The van der Waals surface area contributed by atoms with Crippen molar-refractivity contribution >= 4 is 17.2 Å². The topological polar surface area (TPSA) is 71.8 Å². The number of nitrogens with one attached hydrogen (secondary N) is 2. The van der Waals surface area contributed by atoms with Crippen LogP contribution in [0.1, 0.15) is 47.9 Å². The SMILES string of the molecule is C[C@@H](CNC(=O)c1ncn([C@H]2CCCNC2)n1)c1ccsc1. The van der Waals surface area contributed by atoms with E-state index in [0.29, 0.717) is 18.5 Å². The van der Waals surface area contributed by atoms with Crippen molar-refractivity contribution in [1.29, 1.82) is 0 Å². The number of rotatable bonds is 5. The zero-order valence-corrected chi connectivity index (χ0v) is 13.5. The van der Waals surface area contributed by atoms with Gasteiger partial charge in [0.15, 0.2) is 0 Å². The summed E-state index contributed by atoms with van der Waals surface area (Å²) in [5, 5.41) is 14.7. The minimum Gasteiger partial charge on any atom is -0.349 e. The minimum atomic E-state index is -0.204. The molecule has 1 saturated heterocycles. The van der Waals surface area contributed by atoms with Crippen LogP contribution in [0.5, 0.6) is 0 Å². The Morgan fingerprint density at radius 3 is 3.27 bits per heavy atom. The number of piperidine rings is 1. The summed E-state index contributed by atoms with van der Waals surface area (Å²) in [6.07, 6.45) is 3.87. The number of nitrogens with zero attached hydrogens (tertiary/aromatic N) is 3. The predicted molar refractivity (Wildman–Crippen MR) is 86.2 cm³/mol. The summed E-state index contributed by atoms with van der Waals surface area (Å²) in [6, 6.07) is 2.39. The number of hydrogen-bond donors (Lipinski definition) is 2. The molecule has 1 fully saturated rings. The zero-order chi connectivity index (χ0) is 15.4. The molecule has 3 rings (SSSR count). The van der Waals surface area contributed by atoms with Gasteiger partial charge in [0.05, 0.1) is 6.04 Å². The van der Waals surface area contributed by atoms with E-state index in [4.69, 9.17) is 0 Å². The van der Waals surface area contributed by atoms with Crippen LogP contribution in [0.2, 0.25) is 0 Å². The quantitative estimate of drug-likeness (QED) is 0.881. The Morgan fingerprint density at radius 2 is 2.55 bits per heavy atom. The molecule has 0 unspecified atom stereocenters. The highest BCUT2D eigenvalue weighted by atomic mass is 32.1. The van der Waals surface area contributed by atoms with Gasteiger partial charge in [-0.25, -0.2) is 9.67 Å². The van der Waals surface area contributed by atoms with Crippen LogP contribution in [0.15, 0.2) is 23.2 Å². The lowest BCUT2D eigenvalue weighted by Crippen LogP contribution is -2.32. The Hall–Kier alpha value is -1.73. The van der Waals surface area contributed by atoms with Crippen LogP contribution in [0.3, 0.4) is 0 Å². The van der Waals surface area contributed by atoms with E-state index in [0.717, 1.165) is 25.9 Å². The highest BCUT2D eigenvalue weighted by Crippen LogP contribution is 2.17. The Labute approximate surface area is 133 Å². The lowest BCUT2D eigenvalue weighted by atomic mass is 10.1. The highest BCUT2D eigenvalue weighted by molar-refractivity contribution is 7.07. The van der Waals surface area contributed by atoms with Crippen LogP contribution in [0.25, 0.3) is 0 Å². The number of amides is 1. The highest BCUT2D eigenvalue weighted by Gasteiger charge is 2.19. The molecule has 0 bridgehead atoms. The molecule has 6 nitrogen and oxygen atoms in total. The van der Waals surface area contributed by atoms with E-state index in [-0.39, 0.29) is 11.7 Å². The average molecular weight is 319 g/mol. The predicted octanol–water partition coefficient (Wildman–Crippen LogP) is 1.80. The summed E-state index contributed by atoms with van der Waals surface area (Å²) in [5.41, 5.74) is 1.25. The van der Waals surface area contributed by atoms with Gasteiger partial charge in [0.2, 0.25) is 5.82 Å². The molecule has 3 heterocycles. The van der Waals surface area contributed by atoms with Gasteiger partial charge in [0.1, 0.15) is 6.33 Å². The van der Waals surface area contributed by atoms with E-state index in [2.05, 4.69) is 44.5 Å². The van der Waals surface area contributed by atoms with Crippen molar-refractivity contribution in [3.8, 4) is 0 Å². The van der Waals surface area contributed by atoms with Crippen molar-refractivity contribution in [2.24, 2.45) is 0 Å². The van der Waals surface area contributed by atoms with Crippen LogP contribution >= 0.6 is 11.3 Å². The molecule has 1 aliphatic rings. The molecule has 1 aliphatic heterocycles. The van der Waals surface area contributed by atoms with E-state index in [9.17, 15) is 4.79 Å². The minimum absolute atomic E-state index is 0.204. The number of thiophene rings is 1. The molecule has 2 aromatic heterocycles. The molecule has 0 saturated carbocycles. The third-order valence-corrected chi connectivity index (χ3v) is 4.74. The molecule has 7 heteroatoms. The van der Waals surface area contributed by atoms with Crippen LogP contribution in [-0.4, -0.2) is 40.3 Å². The molecule has 2 aromatic rings. The summed E-state index contributed by atoms with van der Waals surface area (Å²) in [5.74, 6) is 0.340. The molecule has 1 amide bonds. The fraction of sp³-hybridized carbons (Fsp3) is 0.533. The Morgan fingerprint density at radius 1 is 1.64 bits per heavy atom. The molecule has 0 spiro atoms. The maximum Gasteiger partial charge on any atom is 0.290 e. The second kappa shape index (κ2) is 7.02. The summed E-state index contributed by atoms with van der Waals surface area (Å²) < 4.78 is 1.81. The second-order valence-electron chi connectivity index (χ2n) is 5.72. The van der Waals surface area contributed by atoms with E-state index < -0.39 is 0 Å². The average Bonchev–Trinajstić information content (AvgIpc) is 3.24. The third-order valence-electron chi connectivity index (χ3n) is 4.04. The smallest absolute Gasteiger partial charge is 0.290 e. The van der Waals surface area contributed by atoms with Crippen LogP contribution in [0.4, 0.5) is 0 Å². The van der Waals surface area contributed by atoms with Gasteiger partial charge in [-0.2, -0.15) is 11.3 Å². The largest absolute Gasteiger partial charge is 0.349 e. The van der Waals surface area contributed by atoms with Gasteiger partial charge in [-0.3, -0.25) is 4.79 Å². The molecule has 118 valence electrons. The first-order valence-corrected chi connectivity index (χ1v) is 8.60. The van der Waals surface area contributed by atoms with Gasteiger partial charge < -0.3 is 10.6 Å². The first kappa shape index (κ1) is 15.2.